The summed E-state index contributed by atoms with van der Waals surface area (Å²) in [5, 5.41) is 0. The molecule has 2 rings (SSSR count). The Morgan fingerprint density at radius 2 is 1.95 bits per heavy atom. The first-order valence-corrected chi connectivity index (χ1v) is 8.66. The highest BCUT2D eigenvalue weighted by Crippen LogP contribution is 2.27. The summed E-state index contributed by atoms with van der Waals surface area (Å²) in [5.74, 6) is 0. The second kappa shape index (κ2) is 5.88. The van der Waals surface area contributed by atoms with Crippen LogP contribution in [0.5, 0.6) is 0 Å². The number of rotatable bonds is 4. The summed E-state index contributed by atoms with van der Waals surface area (Å²) >= 11 is 0. The molecular weight excluding hydrogens is 278 g/mol. The zero-order valence-corrected chi connectivity index (χ0v) is 13.8. The smallest absolute Gasteiger partial charge is 0.282 e. The first-order chi connectivity index (χ1) is 9.29. The maximum atomic E-state index is 12.8. The molecule has 0 aromatic heterocycles. The van der Waals surface area contributed by atoms with E-state index in [0.717, 1.165) is 19.4 Å². The minimum absolute atomic E-state index is 0.00670. The van der Waals surface area contributed by atoms with Gasteiger partial charge in [-0.3, -0.25) is 4.90 Å². The average molecular weight is 305 g/mol. The van der Waals surface area contributed by atoms with Crippen molar-refractivity contribution in [3.63, 3.8) is 0 Å². The Balaban J connectivity index is 2.14. The molecule has 2 saturated heterocycles. The molecule has 0 amide bonds. The van der Waals surface area contributed by atoms with Crippen LogP contribution in [0.1, 0.15) is 26.7 Å². The fraction of sp³-hybridized carbons (Fsp3) is 1.00. The lowest BCUT2D eigenvalue weighted by Gasteiger charge is -2.45. The SMILES string of the molecule is COCC1CCCN1S(=O)(=O)N1CCN(C)C(C)(C)C1. The van der Waals surface area contributed by atoms with Gasteiger partial charge in [-0.25, -0.2) is 0 Å². The lowest BCUT2D eigenvalue weighted by atomic mass is 10.0. The lowest BCUT2D eigenvalue weighted by molar-refractivity contribution is 0.0745. The summed E-state index contributed by atoms with van der Waals surface area (Å²) in [6, 6.07) is -0.00670. The minimum atomic E-state index is -3.37. The summed E-state index contributed by atoms with van der Waals surface area (Å²) in [6.07, 6.45) is 1.81. The molecule has 2 aliphatic heterocycles. The molecular formula is C13H27N3O3S. The van der Waals surface area contributed by atoms with Gasteiger partial charge in [0.15, 0.2) is 0 Å². The van der Waals surface area contributed by atoms with Crippen LogP contribution in [0.2, 0.25) is 0 Å². The molecule has 0 bridgehead atoms. The highest BCUT2D eigenvalue weighted by Gasteiger charge is 2.42. The van der Waals surface area contributed by atoms with Gasteiger partial charge in [0.25, 0.3) is 10.2 Å². The fourth-order valence-corrected chi connectivity index (χ4v) is 5.00. The lowest BCUT2D eigenvalue weighted by Crippen LogP contribution is -2.61. The van der Waals surface area contributed by atoms with Crippen LogP contribution in [0.3, 0.4) is 0 Å². The molecule has 20 heavy (non-hydrogen) atoms. The molecule has 0 aromatic carbocycles. The number of methoxy groups -OCH3 is 1. The van der Waals surface area contributed by atoms with E-state index < -0.39 is 10.2 Å². The summed E-state index contributed by atoms with van der Waals surface area (Å²) in [5.41, 5.74) is -0.123. The molecule has 0 aliphatic carbocycles. The van der Waals surface area contributed by atoms with Crippen LogP contribution in [-0.4, -0.2) is 80.5 Å². The second-order valence-corrected chi connectivity index (χ2v) is 8.32. The van der Waals surface area contributed by atoms with E-state index in [1.54, 1.807) is 15.7 Å². The Bertz CT molecular complexity index is 438. The van der Waals surface area contributed by atoms with Gasteiger partial charge in [-0.2, -0.15) is 17.0 Å². The van der Waals surface area contributed by atoms with Crippen molar-refractivity contribution in [3.05, 3.63) is 0 Å². The van der Waals surface area contributed by atoms with E-state index in [1.807, 2.05) is 7.05 Å². The number of ether oxygens (including phenoxy) is 1. The predicted octanol–water partition coefficient (Wildman–Crippen LogP) is 0.368. The molecule has 0 saturated carbocycles. The van der Waals surface area contributed by atoms with E-state index in [2.05, 4.69) is 18.7 Å². The average Bonchev–Trinajstić information content (AvgIpc) is 2.82. The molecule has 6 nitrogen and oxygen atoms in total. The van der Waals surface area contributed by atoms with E-state index in [-0.39, 0.29) is 11.6 Å². The van der Waals surface area contributed by atoms with Crippen LogP contribution in [0.4, 0.5) is 0 Å². The van der Waals surface area contributed by atoms with Gasteiger partial charge in [-0.1, -0.05) is 0 Å². The van der Waals surface area contributed by atoms with Crippen molar-refractivity contribution in [2.24, 2.45) is 0 Å². The van der Waals surface area contributed by atoms with Crippen molar-refractivity contribution in [1.82, 2.24) is 13.5 Å². The molecule has 0 spiro atoms. The molecule has 0 radical (unpaired) electrons. The largest absolute Gasteiger partial charge is 0.383 e. The number of likely N-dealkylation sites (N-methyl/N-ethyl adjacent to an activating group) is 1. The van der Waals surface area contributed by atoms with E-state index in [1.165, 1.54) is 0 Å². The topological polar surface area (TPSA) is 53.1 Å². The zero-order valence-electron chi connectivity index (χ0n) is 13.0. The van der Waals surface area contributed by atoms with Gasteiger partial charge in [-0.05, 0) is 33.7 Å². The van der Waals surface area contributed by atoms with Crippen LogP contribution in [-0.2, 0) is 14.9 Å². The van der Waals surface area contributed by atoms with Gasteiger partial charge in [0.2, 0.25) is 0 Å². The Morgan fingerprint density at radius 3 is 2.55 bits per heavy atom. The van der Waals surface area contributed by atoms with Gasteiger partial charge < -0.3 is 4.74 Å². The maximum Gasteiger partial charge on any atom is 0.282 e. The van der Waals surface area contributed by atoms with Gasteiger partial charge in [0.05, 0.1) is 6.61 Å². The Morgan fingerprint density at radius 1 is 1.25 bits per heavy atom. The third-order valence-electron chi connectivity index (χ3n) is 4.59. The normalized spacial score (nSPS) is 29.9. The molecule has 2 heterocycles. The molecule has 0 N–H and O–H groups in total. The predicted molar refractivity (Wildman–Crippen MR) is 78.8 cm³/mol. The van der Waals surface area contributed by atoms with E-state index in [4.69, 9.17) is 4.74 Å². The molecule has 118 valence electrons. The van der Waals surface area contributed by atoms with Crippen LogP contribution in [0, 0.1) is 0 Å². The second-order valence-electron chi connectivity index (χ2n) is 6.44. The fourth-order valence-electron chi connectivity index (χ4n) is 3.01. The first-order valence-electron chi connectivity index (χ1n) is 7.26. The molecule has 1 atom stereocenters. The van der Waals surface area contributed by atoms with E-state index in [9.17, 15) is 8.42 Å². The van der Waals surface area contributed by atoms with E-state index >= 15 is 0 Å². The van der Waals surface area contributed by atoms with Gasteiger partial charge in [-0.15, -0.1) is 0 Å². The van der Waals surface area contributed by atoms with Gasteiger partial charge >= 0.3 is 0 Å². The number of hydrogen-bond donors (Lipinski definition) is 0. The van der Waals surface area contributed by atoms with Crippen molar-refractivity contribution in [1.29, 1.82) is 0 Å². The highest BCUT2D eigenvalue weighted by atomic mass is 32.2. The maximum absolute atomic E-state index is 12.8. The van der Waals surface area contributed by atoms with Crippen molar-refractivity contribution >= 4 is 10.2 Å². The third-order valence-corrected chi connectivity index (χ3v) is 6.62. The Kier molecular flexibility index (Phi) is 4.76. The van der Waals surface area contributed by atoms with Crippen LogP contribution in [0.15, 0.2) is 0 Å². The van der Waals surface area contributed by atoms with Gasteiger partial charge in [0, 0.05) is 44.9 Å². The first kappa shape index (κ1) is 16.2. The summed E-state index contributed by atoms with van der Waals surface area (Å²) in [4.78, 5) is 2.22. The molecule has 2 fully saturated rings. The van der Waals surface area contributed by atoms with Crippen molar-refractivity contribution in [2.75, 3.05) is 46.9 Å². The highest BCUT2D eigenvalue weighted by molar-refractivity contribution is 7.86. The molecule has 2 aliphatic rings. The summed E-state index contributed by atoms with van der Waals surface area (Å²) in [7, 11) is 0.309. The van der Waals surface area contributed by atoms with Crippen LogP contribution in [0.25, 0.3) is 0 Å². The quantitative estimate of drug-likeness (QED) is 0.753. The van der Waals surface area contributed by atoms with Crippen molar-refractivity contribution in [2.45, 2.75) is 38.3 Å². The van der Waals surface area contributed by atoms with Crippen LogP contribution < -0.4 is 0 Å². The summed E-state index contributed by atoms with van der Waals surface area (Å²) in [6.45, 7) is 7.16. The van der Waals surface area contributed by atoms with Gasteiger partial charge in [0.1, 0.15) is 0 Å². The summed E-state index contributed by atoms with van der Waals surface area (Å²) < 4.78 is 34.1. The monoisotopic (exact) mass is 305 g/mol. The molecule has 1 unspecified atom stereocenters. The van der Waals surface area contributed by atoms with Crippen LogP contribution >= 0.6 is 0 Å². The van der Waals surface area contributed by atoms with Crippen molar-refractivity contribution < 1.29 is 13.2 Å². The zero-order chi connectivity index (χ0) is 15.0. The standard InChI is InChI=1S/C13H27N3O3S/c1-13(2)11-15(9-8-14(13)3)20(17,18)16-7-5-6-12(16)10-19-4/h12H,5-11H2,1-4H3. The Labute approximate surface area is 122 Å². The number of piperazine rings is 1. The van der Waals surface area contributed by atoms with E-state index in [0.29, 0.717) is 26.2 Å². The Hall–Kier alpha value is -0.210. The molecule has 0 aromatic rings. The number of nitrogens with zero attached hydrogens (tertiary/aromatic N) is 3. The molecule has 7 heteroatoms. The van der Waals surface area contributed by atoms with Crippen molar-refractivity contribution in [3.8, 4) is 0 Å². The minimum Gasteiger partial charge on any atom is -0.383 e. The third kappa shape index (κ3) is 3.01. The number of hydrogen-bond acceptors (Lipinski definition) is 4.